The fraction of sp³-hybridized carbons (Fsp3) is 0.250. The lowest BCUT2D eigenvalue weighted by atomic mass is 9.97. The Morgan fingerprint density at radius 1 is 1.27 bits per heavy atom. The van der Waals surface area contributed by atoms with Crippen LogP contribution in [-0.2, 0) is 13.5 Å². The van der Waals surface area contributed by atoms with Crippen molar-refractivity contribution in [3.05, 3.63) is 52.2 Å². The molecule has 0 radical (unpaired) electrons. The summed E-state index contributed by atoms with van der Waals surface area (Å²) in [4.78, 5) is 13.0. The van der Waals surface area contributed by atoms with Crippen LogP contribution in [0.25, 0.3) is 21.8 Å². The highest BCUT2D eigenvalue weighted by atomic mass is 16.5. The van der Waals surface area contributed by atoms with Gasteiger partial charge >= 0.3 is 0 Å². The molecule has 0 saturated carbocycles. The largest absolute Gasteiger partial charge is 0.507 e. The van der Waals surface area contributed by atoms with E-state index in [1.165, 1.54) is 19.2 Å². The van der Waals surface area contributed by atoms with Crippen molar-refractivity contribution in [1.82, 2.24) is 4.57 Å². The van der Waals surface area contributed by atoms with Crippen molar-refractivity contribution in [3.8, 4) is 17.2 Å². The predicted molar refractivity (Wildman–Crippen MR) is 101 cm³/mol. The topological polar surface area (TPSA) is 91.9 Å². The number of phenolic OH excluding ortho intramolecular Hbond substituents is 2. The molecular formula is C20H21NO5. The molecule has 0 spiro atoms. The number of nitrogens with zero attached hydrogens (tertiary/aromatic N) is 1. The highest BCUT2D eigenvalue weighted by Crippen LogP contribution is 2.37. The van der Waals surface area contributed by atoms with Crippen molar-refractivity contribution in [2.75, 3.05) is 7.11 Å². The maximum Gasteiger partial charge on any atom is 0.201 e. The number of aliphatic hydroxyl groups excluding tert-OH is 1. The maximum atomic E-state index is 13.0. The number of aromatic hydroxyl groups is 2. The number of methoxy groups -OCH3 is 1. The molecule has 1 atom stereocenters. The first kappa shape index (κ1) is 17.8. The van der Waals surface area contributed by atoms with E-state index >= 15 is 0 Å². The number of rotatable bonds is 4. The number of phenols is 2. The molecule has 0 aliphatic rings. The third-order valence-electron chi connectivity index (χ3n) is 4.69. The summed E-state index contributed by atoms with van der Waals surface area (Å²) in [6, 6.07) is 6.05. The number of ether oxygens (including phenoxy) is 1. The van der Waals surface area contributed by atoms with E-state index in [2.05, 4.69) is 6.58 Å². The number of hydrogen-bond acceptors (Lipinski definition) is 5. The highest BCUT2D eigenvalue weighted by Gasteiger charge is 2.22. The molecule has 0 amide bonds. The van der Waals surface area contributed by atoms with E-state index < -0.39 is 11.5 Å². The first-order chi connectivity index (χ1) is 12.3. The lowest BCUT2D eigenvalue weighted by molar-refractivity contribution is 0.210. The molecule has 0 aliphatic carbocycles. The third kappa shape index (κ3) is 2.59. The Balaban J connectivity index is 2.55. The van der Waals surface area contributed by atoms with Crippen molar-refractivity contribution >= 4 is 21.8 Å². The molecule has 136 valence electrons. The average Bonchev–Trinajstić information content (AvgIpc) is 2.60. The van der Waals surface area contributed by atoms with Gasteiger partial charge in [-0.05, 0) is 19.1 Å². The van der Waals surface area contributed by atoms with Gasteiger partial charge in [0.05, 0.1) is 35.0 Å². The van der Waals surface area contributed by atoms with Crippen LogP contribution in [0.3, 0.4) is 0 Å². The van der Waals surface area contributed by atoms with Crippen LogP contribution in [0.5, 0.6) is 17.2 Å². The molecule has 3 rings (SSSR count). The van der Waals surface area contributed by atoms with Crippen molar-refractivity contribution in [2.24, 2.45) is 7.05 Å². The highest BCUT2D eigenvalue weighted by molar-refractivity contribution is 6.00. The summed E-state index contributed by atoms with van der Waals surface area (Å²) >= 11 is 0. The van der Waals surface area contributed by atoms with Crippen LogP contribution < -0.4 is 10.2 Å². The summed E-state index contributed by atoms with van der Waals surface area (Å²) < 4.78 is 7.02. The number of aromatic nitrogens is 1. The van der Waals surface area contributed by atoms with Crippen molar-refractivity contribution in [2.45, 2.75) is 19.4 Å². The van der Waals surface area contributed by atoms with Gasteiger partial charge in [0.2, 0.25) is 5.43 Å². The molecule has 1 aromatic heterocycles. The monoisotopic (exact) mass is 355 g/mol. The Kier molecular flexibility index (Phi) is 4.38. The average molecular weight is 355 g/mol. The Morgan fingerprint density at radius 2 is 1.96 bits per heavy atom. The number of para-hydroxylation sites is 1. The third-order valence-corrected chi connectivity index (χ3v) is 4.69. The summed E-state index contributed by atoms with van der Waals surface area (Å²) in [5, 5.41) is 31.4. The Morgan fingerprint density at radius 3 is 2.58 bits per heavy atom. The maximum absolute atomic E-state index is 13.0. The van der Waals surface area contributed by atoms with Crippen molar-refractivity contribution in [3.63, 3.8) is 0 Å². The van der Waals surface area contributed by atoms with Crippen LogP contribution in [0.4, 0.5) is 0 Å². The Hall–Kier alpha value is -2.99. The van der Waals surface area contributed by atoms with E-state index in [0.717, 1.165) is 0 Å². The first-order valence-corrected chi connectivity index (χ1v) is 8.14. The molecular weight excluding hydrogens is 334 g/mol. The lowest BCUT2D eigenvalue weighted by Gasteiger charge is -2.20. The van der Waals surface area contributed by atoms with E-state index in [1.54, 1.807) is 30.7 Å². The molecule has 6 heteroatoms. The van der Waals surface area contributed by atoms with Crippen LogP contribution in [0.2, 0.25) is 0 Å². The van der Waals surface area contributed by atoms with E-state index in [9.17, 15) is 20.1 Å². The van der Waals surface area contributed by atoms with Gasteiger partial charge in [-0.3, -0.25) is 4.79 Å². The fourth-order valence-electron chi connectivity index (χ4n) is 3.33. The smallest absolute Gasteiger partial charge is 0.201 e. The minimum atomic E-state index is -0.841. The summed E-state index contributed by atoms with van der Waals surface area (Å²) in [6.45, 7) is 5.47. The number of aryl methyl sites for hydroxylation is 1. The second-order valence-electron chi connectivity index (χ2n) is 6.43. The predicted octanol–water partition coefficient (Wildman–Crippen LogP) is 2.59. The van der Waals surface area contributed by atoms with Gasteiger partial charge in [-0.2, -0.15) is 0 Å². The molecule has 3 aromatic rings. The Labute approximate surface area is 150 Å². The number of fused-ring (bicyclic) bond motifs is 2. The van der Waals surface area contributed by atoms with Crippen LogP contribution in [-0.4, -0.2) is 33.1 Å². The molecule has 2 aromatic carbocycles. The molecule has 3 N–H and O–H groups in total. The number of aliphatic hydroxyl groups is 1. The molecule has 1 unspecified atom stereocenters. The molecule has 6 nitrogen and oxygen atoms in total. The van der Waals surface area contributed by atoms with Crippen LogP contribution in [0, 0.1) is 0 Å². The molecule has 0 aliphatic heterocycles. The van der Waals surface area contributed by atoms with E-state index in [4.69, 9.17) is 4.74 Å². The van der Waals surface area contributed by atoms with Gasteiger partial charge in [0.25, 0.3) is 0 Å². The van der Waals surface area contributed by atoms with E-state index in [0.29, 0.717) is 33.3 Å². The zero-order valence-corrected chi connectivity index (χ0v) is 14.9. The lowest BCUT2D eigenvalue weighted by Crippen LogP contribution is -2.16. The van der Waals surface area contributed by atoms with Crippen LogP contribution in [0.1, 0.15) is 12.5 Å². The SMILES string of the molecule is C=C(C)C(O)Cc1c(OC)cc(O)c2c(=O)c3cccc(O)c3n(C)c12. The summed E-state index contributed by atoms with van der Waals surface area (Å²) in [5.41, 5.74) is 1.49. The molecule has 0 bridgehead atoms. The molecule has 0 saturated heterocycles. The van der Waals surface area contributed by atoms with Crippen molar-refractivity contribution < 1.29 is 20.1 Å². The number of benzene rings is 2. The fourth-order valence-corrected chi connectivity index (χ4v) is 3.33. The van der Waals surface area contributed by atoms with E-state index in [-0.39, 0.29) is 23.3 Å². The number of pyridine rings is 1. The van der Waals surface area contributed by atoms with Gasteiger partial charge in [-0.25, -0.2) is 0 Å². The summed E-state index contributed by atoms with van der Waals surface area (Å²) in [5.74, 6) is 0.0917. The second kappa shape index (κ2) is 6.38. The minimum Gasteiger partial charge on any atom is -0.507 e. The first-order valence-electron chi connectivity index (χ1n) is 8.14. The zero-order valence-electron chi connectivity index (χ0n) is 14.9. The molecule has 1 heterocycles. The van der Waals surface area contributed by atoms with Gasteiger partial charge in [0, 0.05) is 25.1 Å². The molecule has 0 fully saturated rings. The van der Waals surface area contributed by atoms with E-state index in [1.807, 2.05) is 0 Å². The standard InChI is InChI=1S/C20H21NO5/c1-10(2)14(23)8-12-16(26-4)9-15(24)17-19(12)21(3)18-11(20(17)25)6-5-7-13(18)22/h5-7,9,14,22-24H,1,8H2,2-4H3. The van der Waals surface area contributed by atoms with Crippen molar-refractivity contribution in [1.29, 1.82) is 0 Å². The second-order valence-corrected chi connectivity index (χ2v) is 6.43. The normalized spacial score (nSPS) is 12.5. The van der Waals surface area contributed by atoms with Gasteiger partial charge in [-0.1, -0.05) is 18.2 Å². The minimum absolute atomic E-state index is 0.0438. The number of hydrogen-bond donors (Lipinski definition) is 3. The van der Waals surface area contributed by atoms with Crippen LogP contribution in [0.15, 0.2) is 41.2 Å². The van der Waals surface area contributed by atoms with Gasteiger partial charge in [0.1, 0.15) is 17.2 Å². The molecule has 26 heavy (non-hydrogen) atoms. The van der Waals surface area contributed by atoms with Gasteiger partial charge in [-0.15, -0.1) is 0 Å². The summed E-state index contributed by atoms with van der Waals surface area (Å²) in [6.07, 6.45) is -0.686. The zero-order chi connectivity index (χ0) is 19.2. The quantitative estimate of drug-likeness (QED) is 0.494. The Bertz CT molecular complexity index is 1100. The summed E-state index contributed by atoms with van der Waals surface area (Å²) in [7, 11) is 3.15. The van der Waals surface area contributed by atoms with Gasteiger partial charge < -0.3 is 24.6 Å². The van der Waals surface area contributed by atoms with Gasteiger partial charge in [0.15, 0.2) is 0 Å². The van der Waals surface area contributed by atoms with Crippen LogP contribution >= 0.6 is 0 Å².